The molecule has 3 N–H and O–H groups in total. The average Bonchev–Trinajstić information content (AvgIpc) is 3.22. The van der Waals surface area contributed by atoms with Gasteiger partial charge in [-0.2, -0.15) is 5.10 Å². The number of hydrogen-bond donors (Lipinski definition) is 3. The third-order valence-electron chi connectivity index (χ3n) is 4.48. The number of ketones is 1. The molecule has 0 radical (unpaired) electrons. The normalized spacial score (nSPS) is 11.3. The second-order valence-corrected chi connectivity index (χ2v) is 7.05. The summed E-state index contributed by atoms with van der Waals surface area (Å²) in [7, 11) is 0. The second kappa shape index (κ2) is 8.67. The van der Waals surface area contributed by atoms with Crippen LogP contribution in [-0.2, 0) is 0 Å². The van der Waals surface area contributed by atoms with E-state index in [0.717, 1.165) is 11.2 Å². The number of anilines is 1. The van der Waals surface area contributed by atoms with Gasteiger partial charge in [0.15, 0.2) is 16.7 Å². The molecule has 0 bridgehead atoms. The number of imidazole rings is 1. The number of thiocarbonyl (C=S) groups is 1. The Labute approximate surface area is 179 Å². The van der Waals surface area contributed by atoms with Crippen molar-refractivity contribution < 1.29 is 4.79 Å². The molecule has 0 saturated carbocycles. The Hall–Kier alpha value is -3.84. The van der Waals surface area contributed by atoms with Crippen molar-refractivity contribution >= 4 is 45.5 Å². The van der Waals surface area contributed by atoms with Crippen molar-refractivity contribution in [2.24, 2.45) is 5.10 Å². The van der Waals surface area contributed by atoms with E-state index in [4.69, 9.17) is 12.2 Å². The maximum atomic E-state index is 12.7. The van der Waals surface area contributed by atoms with Crippen LogP contribution in [0, 0.1) is 0 Å². The molecule has 1 heterocycles. The molecular weight excluding hydrogens is 394 g/mol. The molecule has 7 heteroatoms. The van der Waals surface area contributed by atoms with E-state index < -0.39 is 0 Å². The first-order valence-electron chi connectivity index (χ1n) is 9.36. The summed E-state index contributed by atoms with van der Waals surface area (Å²) in [5.41, 5.74) is 7.10. The summed E-state index contributed by atoms with van der Waals surface area (Å²) in [5, 5.41) is 7.73. The van der Waals surface area contributed by atoms with Gasteiger partial charge in [-0.15, -0.1) is 0 Å². The molecule has 0 unspecified atom stereocenters. The number of hydrogen-bond acceptors (Lipinski definition) is 4. The SMILES string of the molecule is C/C(=N\NC(=S)Nc1ccccc1)c1nc2cc(C(=O)c3ccccc3)ccc2[nH]1. The minimum Gasteiger partial charge on any atom is -0.337 e. The molecular formula is C23H19N5OS. The molecule has 148 valence electrons. The van der Waals surface area contributed by atoms with Gasteiger partial charge in [-0.3, -0.25) is 10.2 Å². The fourth-order valence-corrected chi connectivity index (χ4v) is 3.11. The van der Waals surface area contributed by atoms with Crippen LogP contribution in [0.2, 0.25) is 0 Å². The average molecular weight is 414 g/mol. The summed E-state index contributed by atoms with van der Waals surface area (Å²) in [6.07, 6.45) is 0. The first-order valence-corrected chi connectivity index (χ1v) is 9.77. The van der Waals surface area contributed by atoms with Crippen molar-refractivity contribution in [2.75, 3.05) is 5.32 Å². The van der Waals surface area contributed by atoms with Crippen LogP contribution in [-0.4, -0.2) is 26.6 Å². The number of H-pyrrole nitrogens is 1. The quantitative estimate of drug-likeness (QED) is 0.194. The molecule has 6 nitrogen and oxygen atoms in total. The highest BCUT2D eigenvalue weighted by Crippen LogP contribution is 2.17. The number of fused-ring (bicyclic) bond motifs is 1. The van der Waals surface area contributed by atoms with E-state index in [2.05, 4.69) is 25.8 Å². The van der Waals surface area contributed by atoms with Crippen LogP contribution < -0.4 is 10.7 Å². The molecule has 0 aliphatic carbocycles. The van der Waals surface area contributed by atoms with Gasteiger partial charge in [0.25, 0.3) is 0 Å². The maximum Gasteiger partial charge on any atom is 0.193 e. The van der Waals surface area contributed by atoms with Crippen LogP contribution in [0.5, 0.6) is 0 Å². The maximum absolute atomic E-state index is 12.7. The van der Waals surface area contributed by atoms with Gasteiger partial charge in [0, 0.05) is 16.8 Å². The molecule has 4 rings (SSSR count). The third kappa shape index (κ3) is 4.42. The van der Waals surface area contributed by atoms with Gasteiger partial charge in [0.2, 0.25) is 0 Å². The van der Waals surface area contributed by atoms with Gasteiger partial charge >= 0.3 is 0 Å². The highest BCUT2D eigenvalue weighted by atomic mass is 32.1. The predicted octanol–water partition coefficient (Wildman–Crippen LogP) is 4.50. The fraction of sp³-hybridized carbons (Fsp3) is 0.0435. The molecule has 30 heavy (non-hydrogen) atoms. The smallest absolute Gasteiger partial charge is 0.193 e. The van der Waals surface area contributed by atoms with Crippen LogP contribution in [0.3, 0.4) is 0 Å². The van der Waals surface area contributed by atoms with Gasteiger partial charge in [0.1, 0.15) is 5.71 Å². The van der Waals surface area contributed by atoms with Crippen LogP contribution in [0.1, 0.15) is 28.7 Å². The second-order valence-electron chi connectivity index (χ2n) is 6.64. The number of hydrazone groups is 1. The molecule has 0 spiro atoms. The lowest BCUT2D eigenvalue weighted by Gasteiger charge is -2.06. The summed E-state index contributed by atoms with van der Waals surface area (Å²) in [4.78, 5) is 20.5. The van der Waals surface area contributed by atoms with E-state index >= 15 is 0 Å². The largest absolute Gasteiger partial charge is 0.337 e. The van der Waals surface area contributed by atoms with Crippen molar-refractivity contribution in [1.29, 1.82) is 0 Å². The number of para-hydroxylation sites is 1. The van der Waals surface area contributed by atoms with Gasteiger partial charge < -0.3 is 10.3 Å². The first-order chi connectivity index (χ1) is 14.6. The molecule has 3 aromatic carbocycles. The Kier molecular flexibility index (Phi) is 5.63. The topological polar surface area (TPSA) is 82.2 Å². The van der Waals surface area contributed by atoms with Crippen molar-refractivity contribution in [3.05, 3.63) is 95.8 Å². The van der Waals surface area contributed by atoms with Gasteiger partial charge in [0.05, 0.1) is 11.0 Å². The van der Waals surface area contributed by atoms with E-state index in [1.807, 2.05) is 61.5 Å². The van der Waals surface area contributed by atoms with E-state index in [-0.39, 0.29) is 5.78 Å². The molecule has 0 amide bonds. The number of nitrogens with one attached hydrogen (secondary N) is 3. The van der Waals surface area contributed by atoms with Gasteiger partial charge in [-0.05, 0) is 49.5 Å². The molecule has 1 aromatic heterocycles. The van der Waals surface area contributed by atoms with E-state index in [1.54, 1.807) is 24.3 Å². The summed E-state index contributed by atoms with van der Waals surface area (Å²) < 4.78 is 0. The minimum atomic E-state index is -0.0357. The van der Waals surface area contributed by atoms with Crippen molar-refractivity contribution in [3.63, 3.8) is 0 Å². The summed E-state index contributed by atoms with van der Waals surface area (Å²) >= 11 is 5.26. The Balaban J connectivity index is 1.49. The van der Waals surface area contributed by atoms with Crippen molar-refractivity contribution in [1.82, 2.24) is 15.4 Å². The number of rotatable bonds is 5. The Bertz CT molecular complexity index is 1230. The molecule has 0 fully saturated rings. The zero-order valence-electron chi connectivity index (χ0n) is 16.2. The highest BCUT2D eigenvalue weighted by Gasteiger charge is 2.12. The Morgan fingerprint density at radius 3 is 2.40 bits per heavy atom. The van der Waals surface area contributed by atoms with Crippen LogP contribution >= 0.6 is 12.2 Å². The van der Waals surface area contributed by atoms with Crippen LogP contribution in [0.4, 0.5) is 5.69 Å². The standard InChI is InChI=1S/C23H19N5OS/c1-15(27-28-23(30)24-18-10-6-3-7-11-18)22-25-19-13-12-17(14-20(19)26-22)21(29)16-8-4-2-5-9-16/h2-14H,1H3,(H,25,26)(H2,24,28,30)/b27-15+. The molecule has 0 atom stereocenters. The predicted molar refractivity (Wildman–Crippen MR) is 124 cm³/mol. The lowest BCUT2D eigenvalue weighted by Crippen LogP contribution is -2.25. The Morgan fingerprint density at radius 2 is 1.67 bits per heavy atom. The summed E-state index contributed by atoms with van der Waals surface area (Å²) in [6.45, 7) is 1.83. The van der Waals surface area contributed by atoms with E-state index in [0.29, 0.717) is 33.3 Å². The van der Waals surface area contributed by atoms with Gasteiger partial charge in [-0.25, -0.2) is 4.98 Å². The van der Waals surface area contributed by atoms with Crippen molar-refractivity contribution in [2.45, 2.75) is 6.92 Å². The molecule has 4 aromatic rings. The fourth-order valence-electron chi connectivity index (χ4n) is 2.94. The zero-order chi connectivity index (χ0) is 20.9. The third-order valence-corrected chi connectivity index (χ3v) is 4.67. The van der Waals surface area contributed by atoms with Gasteiger partial charge in [-0.1, -0.05) is 48.5 Å². The summed E-state index contributed by atoms with van der Waals surface area (Å²) in [6, 6.07) is 24.2. The summed E-state index contributed by atoms with van der Waals surface area (Å²) in [5.74, 6) is 0.566. The number of carbonyl (C=O) groups is 1. The monoisotopic (exact) mass is 413 g/mol. The molecule has 0 aliphatic rings. The number of aromatic nitrogens is 2. The minimum absolute atomic E-state index is 0.0357. The van der Waals surface area contributed by atoms with E-state index in [9.17, 15) is 4.79 Å². The molecule has 0 aliphatic heterocycles. The number of benzene rings is 3. The lowest BCUT2D eigenvalue weighted by atomic mass is 10.0. The number of aromatic amines is 1. The van der Waals surface area contributed by atoms with Crippen molar-refractivity contribution in [3.8, 4) is 0 Å². The molecule has 0 saturated heterocycles. The number of nitrogens with zero attached hydrogens (tertiary/aromatic N) is 2. The number of carbonyl (C=O) groups excluding carboxylic acids is 1. The lowest BCUT2D eigenvalue weighted by molar-refractivity contribution is 0.103. The Morgan fingerprint density at radius 1 is 0.967 bits per heavy atom. The van der Waals surface area contributed by atoms with Crippen LogP contribution in [0.25, 0.3) is 11.0 Å². The first kappa shape index (κ1) is 19.5. The van der Waals surface area contributed by atoms with E-state index in [1.165, 1.54) is 0 Å². The highest BCUT2D eigenvalue weighted by molar-refractivity contribution is 7.80. The van der Waals surface area contributed by atoms with Crippen LogP contribution in [0.15, 0.2) is 84.0 Å². The zero-order valence-corrected chi connectivity index (χ0v) is 17.0.